The second-order valence-electron chi connectivity index (χ2n) is 7.83. The molecule has 0 bridgehead atoms. The third kappa shape index (κ3) is 4.10. The number of nitrogens with zero attached hydrogens (tertiary/aromatic N) is 2. The average Bonchev–Trinajstić information content (AvgIpc) is 3.28. The standard InChI is InChI=1S/C24H24FN3O2S/c1-3-16-6-8-18(9-7-16)28-23(30)19(22(29)26-24(28)31)13-17-14-20(25)21(12-15(17)2)27-10-4-5-11-27/h6-9,12-14H,3-5,10-11H2,1-2H3,(H,26,29,31). The van der Waals surface area contributed by atoms with Crippen molar-refractivity contribution in [2.24, 2.45) is 0 Å². The molecule has 1 N–H and O–H groups in total. The number of nitrogens with one attached hydrogen (secondary N) is 1. The van der Waals surface area contributed by atoms with Gasteiger partial charge in [0.25, 0.3) is 11.8 Å². The molecule has 2 aliphatic rings. The first-order valence-electron chi connectivity index (χ1n) is 10.4. The van der Waals surface area contributed by atoms with Crippen LogP contribution in [-0.4, -0.2) is 30.0 Å². The number of thiocarbonyl (C=S) groups is 1. The summed E-state index contributed by atoms with van der Waals surface area (Å²) in [6.07, 6.45) is 4.42. The summed E-state index contributed by atoms with van der Waals surface area (Å²) in [4.78, 5) is 29.1. The topological polar surface area (TPSA) is 52.7 Å². The van der Waals surface area contributed by atoms with E-state index in [0.29, 0.717) is 16.9 Å². The third-order valence-corrected chi connectivity index (χ3v) is 6.07. The SMILES string of the molecule is CCc1ccc(N2C(=O)C(=Cc3cc(F)c(N4CCCC4)cc3C)C(=O)NC2=S)cc1. The van der Waals surface area contributed by atoms with Crippen LogP contribution < -0.4 is 15.1 Å². The van der Waals surface area contributed by atoms with E-state index in [9.17, 15) is 14.0 Å². The van der Waals surface area contributed by atoms with Gasteiger partial charge in [-0.05, 0) is 85.4 Å². The van der Waals surface area contributed by atoms with Crippen LogP contribution in [0, 0.1) is 12.7 Å². The van der Waals surface area contributed by atoms with Gasteiger partial charge in [-0.25, -0.2) is 4.39 Å². The van der Waals surface area contributed by atoms with Crippen LogP contribution in [0.2, 0.25) is 0 Å². The molecule has 2 aliphatic heterocycles. The Balaban J connectivity index is 1.69. The molecule has 2 heterocycles. The van der Waals surface area contributed by atoms with Crippen LogP contribution in [0.25, 0.3) is 6.08 Å². The molecule has 0 aliphatic carbocycles. The van der Waals surface area contributed by atoms with Crippen molar-refractivity contribution in [1.82, 2.24) is 5.32 Å². The largest absolute Gasteiger partial charge is 0.369 e. The number of amides is 2. The van der Waals surface area contributed by atoms with Crippen molar-refractivity contribution in [3.05, 3.63) is 64.5 Å². The zero-order chi connectivity index (χ0) is 22.1. The molecule has 31 heavy (non-hydrogen) atoms. The van der Waals surface area contributed by atoms with Gasteiger partial charge < -0.3 is 4.90 Å². The molecule has 2 amide bonds. The number of anilines is 2. The summed E-state index contributed by atoms with van der Waals surface area (Å²) in [5, 5.41) is 2.61. The quantitative estimate of drug-likeness (QED) is 0.444. The molecule has 2 aromatic rings. The van der Waals surface area contributed by atoms with Crippen LogP contribution >= 0.6 is 12.2 Å². The fraction of sp³-hybridized carbons (Fsp3) is 0.292. The van der Waals surface area contributed by atoms with Crippen LogP contribution in [0.1, 0.15) is 36.5 Å². The van der Waals surface area contributed by atoms with Gasteiger partial charge in [0.2, 0.25) is 0 Å². The lowest BCUT2D eigenvalue weighted by Crippen LogP contribution is -2.54. The first-order valence-corrected chi connectivity index (χ1v) is 10.9. The predicted octanol–water partition coefficient (Wildman–Crippen LogP) is 4.13. The van der Waals surface area contributed by atoms with Crippen molar-refractivity contribution < 1.29 is 14.0 Å². The second-order valence-corrected chi connectivity index (χ2v) is 8.22. The number of hydrogen-bond acceptors (Lipinski definition) is 4. The van der Waals surface area contributed by atoms with Crippen molar-refractivity contribution >= 4 is 46.6 Å². The first-order chi connectivity index (χ1) is 14.9. The normalized spacial score (nSPS) is 18.2. The van der Waals surface area contributed by atoms with Gasteiger partial charge in [-0.1, -0.05) is 19.1 Å². The zero-order valence-electron chi connectivity index (χ0n) is 17.6. The van der Waals surface area contributed by atoms with Crippen molar-refractivity contribution in [3.8, 4) is 0 Å². The molecule has 2 saturated heterocycles. The molecule has 160 valence electrons. The zero-order valence-corrected chi connectivity index (χ0v) is 18.4. The molecule has 7 heteroatoms. The molecule has 0 saturated carbocycles. The summed E-state index contributed by atoms with van der Waals surface area (Å²) < 4.78 is 14.8. The van der Waals surface area contributed by atoms with Crippen molar-refractivity contribution in [1.29, 1.82) is 0 Å². The van der Waals surface area contributed by atoms with E-state index < -0.39 is 11.8 Å². The van der Waals surface area contributed by atoms with Gasteiger partial charge in [0.05, 0.1) is 11.4 Å². The Hall–Kier alpha value is -3.06. The third-order valence-electron chi connectivity index (χ3n) is 5.79. The monoisotopic (exact) mass is 437 g/mol. The number of carbonyl (C=O) groups is 2. The Bertz CT molecular complexity index is 1090. The molecule has 5 nitrogen and oxygen atoms in total. The molecule has 0 aromatic heterocycles. The van der Waals surface area contributed by atoms with Gasteiger partial charge in [0.15, 0.2) is 5.11 Å². The smallest absolute Gasteiger partial charge is 0.270 e. The number of aryl methyl sites for hydroxylation is 2. The summed E-state index contributed by atoms with van der Waals surface area (Å²) in [6.45, 7) is 5.56. The van der Waals surface area contributed by atoms with E-state index in [1.54, 1.807) is 18.2 Å². The Morgan fingerprint density at radius 1 is 1.13 bits per heavy atom. The summed E-state index contributed by atoms with van der Waals surface area (Å²) in [6, 6.07) is 10.6. The number of rotatable bonds is 4. The molecular weight excluding hydrogens is 413 g/mol. The maximum Gasteiger partial charge on any atom is 0.270 e. The highest BCUT2D eigenvalue weighted by Gasteiger charge is 2.34. The lowest BCUT2D eigenvalue weighted by atomic mass is 10.0. The number of benzene rings is 2. The van der Waals surface area contributed by atoms with Gasteiger partial charge in [0.1, 0.15) is 11.4 Å². The van der Waals surface area contributed by atoms with Crippen LogP contribution in [0.3, 0.4) is 0 Å². The van der Waals surface area contributed by atoms with Crippen molar-refractivity contribution in [2.45, 2.75) is 33.1 Å². The molecule has 4 rings (SSSR count). The fourth-order valence-corrected chi connectivity index (χ4v) is 4.25. The van der Waals surface area contributed by atoms with Gasteiger partial charge >= 0.3 is 0 Å². The number of hydrogen-bond donors (Lipinski definition) is 1. The highest BCUT2D eigenvalue weighted by atomic mass is 32.1. The summed E-state index contributed by atoms with van der Waals surface area (Å²) in [5.74, 6) is -1.47. The Labute approximate surface area is 186 Å². The van der Waals surface area contributed by atoms with Crippen molar-refractivity contribution in [3.63, 3.8) is 0 Å². The van der Waals surface area contributed by atoms with E-state index in [4.69, 9.17) is 12.2 Å². The van der Waals surface area contributed by atoms with Gasteiger partial charge in [-0.2, -0.15) is 0 Å². The van der Waals surface area contributed by atoms with E-state index in [1.165, 1.54) is 17.0 Å². The predicted molar refractivity (Wildman–Crippen MR) is 125 cm³/mol. The minimum atomic E-state index is -0.583. The minimum absolute atomic E-state index is 0.0312. The van der Waals surface area contributed by atoms with Crippen LogP contribution in [0.5, 0.6) is 0 Å². The van der Waals surface area contributed by atoms with Gasteiger partial charge in [-0.15, -0.1) is 0 Å². The minimum Gasteiger partial charge on any atom is -0.369 e. The Morgan fingerprint density at radius 2 is 1.81 bits per heavy atom. The van der Waals surface area contributed by atoms with Crippen LogP contribution in [-0.2, 0) is 16.0 Å². The lowest BCUT2D eigenvalue weighted by Gasteiger charge is -2.29. The molecule has 0 unspecified atom stereocenters. The number of halogens is 1. The molecule has 0 spiro atoms. The maximum absolute atomic E-state index is 14.8. The fourth-order valence-electron chi connectivity index (χ4n) is 3.97. The summed E-state index contributed by atoms with van der Waals surface area (Å²) in [5.41, 5.74) is 3.48. The number of carbonyl (C=O) groups excluding carboxylic acids is 2. The highest BCUT2D eigenvalue weighted by molar-refractivity contribution is 7.80. The van der Waals surface area contributed by atoms with Crippen molar-refractivity contribution in [2.75, 3.05) is 22.9 Å². The van der Waals surface area contributed by atoms with E-state index >= 15 is 0 Å². The van der Waals surface area contributed by atoms with E-state index in [2.05, 4.69) is 5.32 Å². The second kappa shape index (κ2) is 8.59. The van der Waals surface area contributed by atoms with E-state index in [-0.39, 0.29) is 16.5 Å². The lowest BCUT2D eigenvalue weighted by molar-refractivity contribution is -0.122. The van der Waals surface area contributed by atoms with Gasteiger partial charge in [-0.3, -0.25) is 19.8 Å². The first kappa shape index (κ1) is 21.2. The van der Waals surface area contributed by atoms with Crippen LogP contribution in [0.15, 0.2) is 42.0 Å². The highest BCUT2D eigenvalue weighted by Crippen LogP contribution is 2.29. The maximum atomic E-state index is 14.8. The molecule has 0 radical (unpaired) electrons. The summed E-state index contributed by atoms with van der Waals surface area (Å²) >= 11 is 5.25. The van der Waals surface area contributed by atoms with E-state index in [1.807, 2.05) is 30.9 Å². The molecule has 0 atom stereocenters. The Morgan fingerprint density at radius 3 is 2.45 bits per heavy atom. The average molecular weight is 438 g/mol. The van der Waals surface area contributed by atoms with Crippen LogP contribution in [0.4, 0.5) is 15.8 Å². The molecule has 2 fully saturated rings. The molecule has 2 aromatic carbocycles. The molecular formula is C24H24FN3O2S. The summed E-state index contributed by atoms with van der Waals surface area (Å²) in [7, 11) is 0. The van der Waals surface area contributed by atoms with E-state index in [0.717, 1.165) is 43.5 Å². The Kier molecular flexibility index (Phi) is 5.87. The van der Waals surface area contributed by atoms with Gasteiger partial charge in [0, 0.05) is 13.1 Å².